The van der Waals surface area contributed by atoms with Crippen LogP contribution in [-0.4, -0.2) is 26.9 Å². The van der Waals surface area contributed by atoms with Gasteiger partial charge in [0.1, 0.15) is 0 Å². The van der Waals surface area contributed by atoms with Gasteiger partial charge in [0.05, 0.1) is 0 Å². The Kier molecular flexibility index (Phi) is 3.25. The highest BCUT2D eigenvalue weighted by molar-refractivity contribution is 6.18. The molecule has 1 aromatic carbocycles. The molecule has 1 amide bonds. The van der Waals surface area contributed by atoms with Gasteiger partial charge in [-0.25, -0.2) is 0 Å². The molecule has 1 rings (SSSR count). The molecule has 3 heteroatoms. The maximum absolute atomic E-state index is 11.7. The molecule has 0 bridgehead atoms. The van der Waals surface area contributed by atoms with Crippen molar-refractivity contribution in [2.24, 2.45) is 0 Å². The van der Waals surface area contributed by atoms with Gasteiger partial charge in [-0.3, -0.25) is 4.79 Å². The highest BCUT2D eigenvalue weighted by atomic mass is 28.2. The number of carbonyl (C=O) groups is 1. The van der Waals surface area contributed by atoms with Crippen molar-refractivity contribution in [1.29, 1.82) is 0 Å². The van der Waals surface area contributed by atoms with E-state index in [1.807, 2.05) is 32.0 Å². The van der Waals surface area contributed by atoms with Crippen molar-refractivity contribution < 1.29 is 4.79 Å². The standard InChI is InChI=1S/C10H12NOSi/c1-8(2)11(13)10(12)9-6-4-3-5-7-9/h3-8H,1-2H3. The molecule has 0 spiro atoms. The van der Waals surface area contributed by atoms with Crippen molar-refractivity contribution in [3.05, 3.63) is 35.9 Å². The number of amides is 1. The van der Waals surface area contributed by atoms with Gasteiger partial charge in [-0.05, 0) is 26.0 Å². The molecule has 13 heavy (non-hydrogen) atoms. The molecule has 0 aliphatic carbocycles. The number of hydrogen-bond donors (Lipinski definition) is 0. The third-order valence-electron chi connectivity index (χ3n) is 1.76. The van der Waals surface area contributed by atoms with Crippen molar-refractivity contribution in [2.45, 2.75) is 19.9 Å². The lowest BCUT2D eigenvalue weighted by Crippen LogP contribution is -2.34. The van der Waals surface area contributed by atoms with E-state index in [4.69, 9.17) is 0 Å². The topological polar surface area (TPSA) is 20.3 Å². The highest BCUT2D eigenvalue weighted by Crippen LogP contribution is 2.04. The van der Waals surface area contributed by atoms with Gasteiger partial charge in [-0.2, -0.15) is 0 Å². The van der Waals surface area contributed by atoms with Crippen LogP contribution in [0.25, 0.3) is 0 Å². The van der Waals surface area contributed by atoms with Gasteiger partial charge < -0.3 is 4.57 Å². The number of nitrogens with zero attached hydrogens (tertiary/aromatic N) is 1. The van der Waals surface area contributed by atoms with Crippen LogP contribution in [0.2, 0.25) is 0 Å². The minimum atomic E-state index is -0.00716. The van der Waals surface area contributed by atoms with E-state index in [9.17, 15) is 4.79 Å². The highest BCUT2D eigenvalue weighted by Gasteiger charge is 2.12. The molecule has 0 fully saturated rings. The Morgan fingerprint density at radius 2 is 1.85 bits per heavy atom. The molecule has 3 radical (unpaired) electrons. The Morgan fingerprint density at radius 3 is 2.31 bits per heavy atom. The summed E-state index contributed by atoms with van der Waals surface area (Å²) in [5.74, 6) is -0.00716. The minimum absolute atomic E-state index is 0.00716. The van der Waals surface area contributed by atoms with Crippen LogP contribution in [-0.2, 0) is 0 Å². The van der Waals surface area contributed by atoms with E-state index in [0.29, 0.717) is 5.56 Å². The second-order valence-electron chi connectivity index (χ2n) is 3.13. The van der Waals surface area contributed by atoms with Crippen LogP contribution in [0.3, 0.4) is 0 Å². The van der Waals surface area contributed by atoms with Crippen molar-refractivity contribution >= 4 is 16.3 Å². The molecule has 0 saturated heterocycles. The van der Waals surface area contributed by atoms with Crippen LogP contribution in [0.15, 0.2) is 30.3 Å². The third-order valence-corrected chi connectivity index (χ3v) is 2.48. The Hall–Kier alpha value is -1.09. The molecule has 0 N–H and O–H groups in total. The summed E-state index contributed by atoms with van der Waals surface area (Å²) in [5, 5.41) is 0. The first-order valence-electron chi connectivity index (χ1n) is 4.22. The maximum Gasteiger partial charge on any atom is 0.245 e. The average molecular weight is 190 g/mol. The zero-order valence-corrected chi connectivity index (χ0v) is 8.82. The summed E-state index contributed by atoms with van der Waals surface area (Å²) in [6.45, 7) is 3.90. The van der Waals surface area contributed by atoms with E-state index in [1.165, 1.54) is 4.57 Å². The molecule has 1 aromatic rings. The first-order chi connectivity index (χ1) is 6.13. The molecule has 0 atom stereocenters. The van der Waals surface area contributed by atoms with Gasteiger partial charge in [0.2, 0.25) is 5.91 Å². The van der Waals surface area contributed by atoms with Crippen molar-refractivity contribution in [3.63, 3.8) is 0 Å². The van der Waals surface area contributed by atoms with Gasteiger partial charge in [0.15, 0.2) is 10.4 Å². The van der Waals surface area contributed by atoms with Crippen LogP contribution in [0.5, 0.6) is 0 Å². The van der Waals surface area contributed by atoms with Gasteiger partial charge in [0, 0.05) is 11.6 Å². The van der Waals surface area contributed by atoms with E-state index in [0.717, 1.165) is 0 Å². The minimum Gasteiger partial charge on any atom is -0.365 e. The van der Waals surface area contributed by atoms with Gasteiger partial charge in [-0.15, -0.1) is 0 Å². The van der Waals surface area contributed by atoms with Crippen LogP contribution in [0, 0.1) is 0 Å². The zero-order chi connectivity index (χ0) is 9.84. The Balaban J connectivity index is 2.80. The first kappa shape index (κ1) is 9.99. The van der Waals surface area contributed by atoms with Crippen LogP contribution in [0.1, 0.15) is 24.2 Å². The molecule has 0 saturated carbocycles. The van der Waals surface area contributed by atoms with Crippen LogP contribution >= 0.6 is 0 Å². The Morgan fingerprint density at radius 1 is 1.31 bits per heavy atom. The predicted molar refractivity (Wildman–Crippen MR) is 53.5 cm³/mol. The van der Waals surface area contributed by atoms with E-state index in [-0.39, 0.29) is 11.9 Å². The lowest BCUT2D eigenvalue weighted by atomic mass is 10.2. The number of benzene rings is 1. The normalized spacial score (nSPS) is 10.2. The summed E-state index contributed by atoms with van der Waals surface area (Å²) < 4.78 is 1.54. The maximum atomic E-state index is 11.7. The average Bonchev–Trinajstić information content (AvgIpc) is 2.17. The fourth-order valence-electron chi connectivity index (χ4n) is 0.954. The van der Waals surface area contributed by atoms with Crippen molar-refractivity contribution in [3.8, 4) is 0 Å². The zero-order valence-electron chi connectivity index (χ0n) is 7.82. The van der Waals surface area contributed by atoms with E-state index < -0.39 is 0 Å². The predicted octanol–water partition coefficient (Wildman–Crippen LogP) is 1.62. The number of carbonyl (C=O) groups excluding carboxylic acids is 1. The molecule has 0 aliphatic rings. The largest absolute Gasteiger partial charge is 0.365 e. The molecule has 0 aromatic heterocycles. The van der Waals surface area contributed by atoms with E-state index >= 15 is 0 Å². The van der Waals surface area contributed by atoms with Gasteiger partial charge in [0.25, 0.3) is 0 Å². The molecular formula is C10H12NOSi. The summed E-state index contributed by atoms with van der Waals surface area (Å²) in [4.78, 5) is 11.7. The fourth-order valence-corrected chi connectivity index (χ4v) is 1.08. The second-order valence-corrected chi connectivity index (χ2v) is 3.62. The molecule has 0 aliphatic heterocycles. The number of rotatable bonds is 2. The van der Waals surface area contributed by atoms with Gasteiger partial charge >= 0.3 is 0 Å². The Bertz CT molecular complexity index is 284. The smallest absolute Gasteiger partial charge is 0.245 e. The molecule has 67 valence electrons. The van der Waals surface area contributed by atoms with E-state index in [2.05, 4.69) is 10.4 Å². The summed E-state index contributed by atoms with van der Waals surface area (Å²) in [5.41, 5.74) is 0.700. The first-order valence-corrected chi connectivity index (χ1v) is 4.67. The van der Waals surface area contributed by atoms with E-state index in [1.54, 1.807) is 12.1 Å². The SMILES string of the molecule is CC(C)N([Si])C(=O)c1ccccc1. The van der Waals surface area contributed by atoms with Crippen LogP contribution in [0.4, 0.5) is 0 Å². The van der Waals surface area contributed by atoms with Crippen molar-refractivity contribution in [2.75, 3.05) is 0 Å². The monoisotopic (exact) mass is 190 g/mol. The molecule has 2 nitrogen and oxygen atoms in total. The quantitative estimate of drug-likeness (QED) is 0.649. The molecule has 0 heterocycles. The lowest BCUT2D eigenvalue weighted by Gasteiger charge is -2.21. The van der Waals surface area contributed by atoms with Crippen LogP contribution < -0.4 is 0 Å². The van der Waals surface area contributed by atoms with Gasteiger partial charge in [-0.1, -0.05) is 18.2 Å². The third kappa shape index (κ3) is 2.42. The molecular weight excluding hydrogens is 178 g/mol. The Labute approximate surface area is 82.1 Å². The molecule has 0 unspecified atom stereocenters. The summed E-state index contributed by atoms with van der Waals surface area (Å²) in [6.07, 6.45) is 0. The van der Waals surface area contributed by atoms with Crippen molar-refractivity contribution in [1.82, 2.24) is 4.57 Å². The second kappa shape index (κ2) is 4.23. The summed E-state index contributed by atoms with van der Waals surface area (Å²) >= 11 is 0. The lowest BCUT2D eigenvalue weighted by molar-refractivity contribution is 0.0837. The fraction of sp³-hybridized carbons (Fsp3) is 0.300. The summed E-state index contributed by atoms with van der Waals surface area (Å²) in [7, 11) is 3.28. The summed E-state index contributed by atoms with van der Waals surface area (Å²) in [6, 6.07) is 9.37. The number of hydrogen-bond acceptors (Lipinski definition) is 1.